The lowest BCUT2D eigenvalue weighted by Gasteiger charge is -2.24. The number of rotatable bonds is 17. The molecule has 0 spiro atoms. The molecule has 9 aliphatic rings. The van der Waals surface area contributed by atoms with Crippen molar-refractivity contribution in [3.05, 3.63) is 117 Å². The third-order valence-corrected chi connectivity index (χ3v) is 17.4. The Hall–Kier alpha value is -8.50. The Bertz CT molecular complexity index is 3990. The lowest BCUT2D eigenvalue weighted by molar-refractivity contribution is -0.115. The van der Waals surface area contributed by atoms with Gasteiger partial charge in [-0.15, -0.1) is 0 Å². The number of carbonyl (C=O) groups is 4. The van der Waals surface area contributed by atoms with Crippen LogP contribution in [-0.4, -0.2) is 200 Å². The topological polar surface area (TPSA) is 345 Å². The van der Waals surface area contributed by atoms with Crippen LogP contribution in [-0.2, 0) is 27.1 Å². The van der Waals surface area contributed by atoms with E-state index in [1.807, 2.05) is 41.5 Å². The van der Waals surface area contributed by atoms with Gasteiger partial charge in [0, 0.05) is 81.9 Å². The van der Waals surface area contributed by atoms with E-state index in [-0.39, 0.29) is 112 Å². The Labute approximate surface area is 644 Å². The number of nitrogens with two attached hydrogens (primary N) is 1. The number of likely N-dealkylation sites (tertiary alicyclic amines) is 3. The predicted molar refractivity (Wildman–Crippen MR) is 393 cm³/mol. The summed E-state index contributed by atoms with van der Waals surface area (Å²) in [5.41, 5.74) is 5.99. The lowest BCUT2D eigenvalue weighted by atomic mass is 10.0. The zero-order valence-corrected chi connectivity index (χ0v) is 64.3. The first-order valence-corrected chi connectivity index (χ1v) is 37.8. The lowest BCUT2D eigenvalue weighted by Crippen LogP contribution is -2.36. The average molecular weight is 1590 g/mol. The van der Waals surface area contributed by atoms with Crippen LogP contribution in [0.15, 0.2) is 55.2 Å². The van der Waals surface area contributed by atoms with Gasteiger partial charge in [-0.05, 0) is 204 Å². The molecule has 15 rings (SSSR count). The number of hydrogen-bond acceptors (Lipinski definition) is 24. The van der Waals surface area contributed by atoms with Gasteiger partial charge in [0.1, 0.15) is 47.3 Å². The van der Waals surface area contributed by atoms with E-state index in [9.17, 15) is 41.1 Å². The van der Waals surface area contributed by atoms with E-state index in [1.165, 1.54) is 12.4 Å². The van der Waals surface area contributed by atoms with Gasteiger partial charge in [-0.3, -0.25) is 9.59 Å². The summed E-state index contributed by atoms with van der Waals surface area (Å²) in [5.74, 6) is -0.477. The first kappa shape index (κ1) is 84.5. The summed E-state index contributed by atoms with van der Waals surface area (Å²) >= 11 is 15.9. The van der Waals surface area contributed by atoms with E-state index in [4.69, 9.17) is 74.1 Å². The van der Waals surface area contributed by atoms with Crippen molar-refractivity contribution in [2.75, 3.05) is 63.0 Å². The van der Waals surface area contributed by atoms with Gasteiger partial charge in [-0.2, -0.15) is 37.5 Å². The zero-order chi connectivity index (χ0) is 78.5. The van der Waals surface area contributed by atoms with E-state index < -0.39 is 40.3 Å². The highest BCUT2D eigenvalue weighted by Gasteiger charge is 2.35. The molecule has 6 aromatic rings. The smallest absolute Gasteiger partial charge is 0.410 e. The fourth-order valence-corrected chi connectivity index (χ4v) is 10.8. The van der Waals surface area contributed by atoms with Crippen molar-refractivity contribution in [3.63, 3.8) is 0 Å². The van der Waals surface area contributed by atoms with Crippen molar-refractivity contribution >= 4 is 70.4 Å². The third-order valence-electron chi connectivity index (χ3n) is 16.8. The third kappa shape index (κ3) is 30.7. The van der Waals surface area contributed by atoms with Gasteiger partial charge in [-0.25, -0.2) is 43.9 Å². The molecule has 2 unspecified atom stereocenters. The first-order valence-electron chi connectivity index (χ1n) is 36.7. The number of amides is 4. The van der Waals surface area contributed by atoms with Crippen molar-refractivity contribution in [2.45, 2.75) is 211 Å². The summed E-state index contributed by atoms with van der Waals surface area (Å²) in [6.07, 6.45) is 20.5. The van der Waals surface area contributed by atoms with Crippen molar-refractivity contribution in [2.24, 2.45) is 17.6 Å². The molecule has 4 amide bonds. The van der Waals surface area contributed by atoms with Crippen LogP contribution in [0, 0.1) is 40.9 Å². The largest absolute Gasteiger partial charge is 0.472 e. The normalized spacial score (nSPS) is 19.7. The quantitative estimate of drug-likeness (QED) is 0.0322. The van der Waals surface area contributed by atoms with Crippen LogP contribution < -0.4 is 40.6 Å². The number of aliphatic hydroxyl groups is 1. The number of hydrogen-bond donors (Lipinski definition) is 5. The van der Waals surface area contributed by atoms with E-state index in [2.05, 4.69) is 65.8 Å². The summed E-state index contributed by atoms with van der Waals surface area (Å²) in [5, 5.41) is 17.1. The molecule has 5 aromatic heterocycles. The summed E-state index contributed by atoms with van der Waals surface area (Å²) in [7, 11) is 0. The summed E-state index contributed by atoms with van der Waals surface area (Å²) < 4.78 is 98.0. The fourth-order valence-electron chi connectivity index (χ4n) is 10.4. The number of anilines is 2. The molecule has 5 aliphatic carbocycles. The fraction of sp³-hybridized carbons (Fsp3) is 0.589. The minimum atomic E-state index is -0.666. The SMILES string of the molecule is CC(C)(C)OC(=O)N1CCC(Cc2ncc(F)c(OC3CC3)n2)C1.CC(C)(C)OC(=O)N1CC[C@@H](N)C1.CCC(=O)Nc1ccc(C(=O)N2CC[C@@H](Nc3ncc(F)c(OC4CC4)n3)C2)cc1.Fc1cnc(CC2CCNC2)nc1OC1CC1.Fc1cnc(Cl)nc1Cl.Fc1cnc(Cl)nc1OC1CC1.OC1CC1. The highest BCUT2D eigenvalue weighted by molar-refractivity contribution is 6.31. The van der Waals surface area contributed by atoms with E-state index in [0.717, 1.165) is 135 Å². The molecule has 4 saturated heterocycles. The molecule has 28 nitrogen and oxygen atoms in total. The van der Waals surface area contributed by atoms with E-state index >= 15 is 0 Å². The average Bonchev–Trinajstić information content (AvgIpc) is 1.83. The molecule has 9 fully saturated rings. The molecule has 0 bridgehead atoms. The number of halogens is 8. The molecule has 9 heterocycles. The molecule has 109 heavy (non-hydrogen) atoms. The first-order chi connectivity index (χ1) is 51.8. The van der Waals surface area contributed by atoms with Crippen LogP contribution in [0.4, 0.5) is 43.2 Å². The van der Waals surface area contributed by atoms with Gasteiger partial charge in [0.25, 0.3) is 29.4 Å². The molecule has 5 saturated carbocycles. The van der Waals surface area contributed by atoms with Gasteiger partial charge in [0.05, 0.1) is 37.1 Å². The Morgan fingerprint density at radius 2 is 0.991 bits per heavy atom. The van der Waals surface area contributed by atoms with Crippen molar-refractivity contribution in [3.8, 4) is 23.5 Å². The van der Waals surface area contributed by atoms with Crippen LogP contribution in [0.2, 0.25) is 15.7 Å². The predicted octanol–water partition coefficient (Wildman–Crippen LogP) is 11.9. The molecule has 0 radical (unpaired) electrons. The highest BCUT2D eigenvalue weighted by Crippen LogP contribution is 2.32. The standard InChI is InChI=1S/C21H24FN5O3.C17H24FN3O3.C12H16FN3O.C9H18N2O2.C7H6ClFN2O.C4HCl2FN2.C3H6O/c1-2-18(28)24-14-5-3-13(4-6-14)20(29)27-10-9-15(12-27)25-21-23-11-17(22)19(26-21)30-16-7-8-16;1-17(2,3)24-16(22)21-7-6-11(10-21)8-14-19-9-13(18)15(20-14)23-12-4-5-12;13-10-7-15-11(5-8-3-4-14-6-8)16-12(10)17-9-1-2-9;1-9(2,3)13-8(12)11-5-4-7(10)6-11;8-7-10-3-5(9)6(11-7)12-4-1-2-4;5-3-2(7)1-8-4(6)9-3;4-3-1-2-3/h3-6,11,15-16H,2,7-10,12H2,1H3,(H,24,28)(H,23,25,26);9,11-12H,4-8,10H2,1-3H3;7-9,14H,1-6H2;7H,4-6,10H2,1-3H3;3-4H,1-2H2;1H;3-4H,1-2H2/t15-;;;7-;;;/m1..1.../s1. The van der Waals surface area contributed by atoms with Crippen molar-refractivity contribution in [1.82, 2.24) is 69.9 Å². The van der Waals surface area contributed by atoms with Crippen LogP contribution in [0.25, 0.3) is 0 Å². The molecule has 594 valence electrons. The second-order valence-electron chi connectivity index (χ2n) is 29.5. The number of ether oxygens (including phenoxy) is 6. The Morgan fingerprint density at radius 3 is 1.44 bits per heavy atom. The van der Waals surface area contributed by atoms with Gasteiger partial charge in [0.15, 0.2) is 11.0 Å². The monoisotopic (exact) mass is 1590 g/mol. The maximum absolute atomic E-state index is 13.8. The zero-order valence-electron chi connectivity index (χ0n) is 62.0. The van der Waals surface area contributed by atoms with Gasteiger partial charge in [0.2, 0.25) is 45.7 Å². The Morgan fingerprint density at radius 1 is 0.541 bits per heavy atom. The molecule has 36 heteroatoms. The molecular formula is C73H95Cl3F5N17O11. The summed E-state index contributed by atoms with van der Waals surface area (Å²) in [6.45, 7) is 18.7. The Balaban J connectivity index is 0.000000155. The van der Waals surface area contributed by atoms with Crippen LogP contribution in [0.5, 0.6) is 23.5 Å². The molecule has 6 N–H and O–H groups in total. The minimum absolute atomic E-state index is 0.00653. The van der Waals surface area contributed by atoms with Crippen molar-refractivity contribution < 1.29 is 74.7 Å². The maximum Gasteiger partial charge on any atom is 0.410 e. The minimum Gasteiger partial charge on any atom is -0.472 e. The van der Waals surface area contributed by atoms with Gasteiger partial charge < -0.3 is 69.9 Å². The van der Waals surface area contributed by atoms with Gasteiger partial charge in [-0.1, -0.05) is 18.5 Å². The van der Waals surface area contributed by atoms with Crippen LogP contribution in [0.3, 0.4) is 0 Å². The number of aromatic nitrogens is 10. The van der Waals surface area contributed by atoms with E-state index in [1.54, 1.807) is 45.9 Å². The summed E-state index contributed by atoms with van der Waals surface area (Å²) in [4.78, 5) is 91.2. The van der Waals surface area contributed by atoms with Gasteiger partial charge >= 0.3 is 12.2 Å². The molecule has 1 aromatic carbocycles. The second-order valence-corrected chi connectivity index (χ2v) is 30.5. The summed E-state index contributed by atoms with van der Waals surface area (Å²) in [6, 6.07) is 6.95. The molecule has 4 atom stereocenters. The number of nitrogens with zero attached hydrogens (tertiary/aromatic N) is 13. The number of benzene rings is 1. The number of nitrogens with one attached hydrogen (secondary N) is 3. The van der Waals surface area contributed by atoms with Crippen LogP contribution in [0.1, 0.15) is 167 Å². The molecular weight excluding hydrogens is 1490 g/mol. The maximum atomic E-state index is 13.8. The van der Waals surface area contributed by atoms with E-state index in [0.29, 0.717) is 80.3 Å². The number of carbonyl (C=O) groups excluding carboxylic acids is 4. The van der Waals surface area contributed by atoms with Crippen LogP contribution >= 0.6 is 34.8 Å². The highest BCUT2D eigenvalue weighted by atomic mass is 35.5. The Kier molecular flexibility index (Phi) is 31.0. The molecule has 4 aliphatic heterocycles. The number of aliphatic hydroxyl groups excluding tert-OH is 1. The second kappa shape index (κ2) is 39.9. The van der Waals surface area contributed by atoms with Crippen molar-refractivity contribution in [1.29, 1.82) is 0 Å².